The summed E-state index contributed by atoms with van der Waals surface area (Å²) >= 11 is 0. The van der Waals surface area contributed by atoms with Crippen molar-refractivity contribution in [3.05, 3.63) is 0 Å². The van der Waals surface area contributed by atoms with Crippen molar-refractivity contribution in [3.63, 3.8) is 0 Å². The van der Waals surface area contributed by atoms with Crippen LogP contribution in [0.2, 0.25) is 0 Å². The van der Waals surface area contributed by atoms with E-state index in [4.69, 9.17) is 14.3 Å². The number of hydroxylamine groups is 6. The van der Waals surface area contributed by atoms with Gasteiger partial charge in [-0.2, -0.15) is 15.2 Å². The van der Waals surface area contributed by atoms with Crippen molar-refractivity contribution < 1.29 is 19.3 Å². The van der Waals surface area contributed by atoms with Crippen LogP contribution in [-0.4, -0.2) is 47.2 Å². The Labute approximate surface area is 62.5 Å². The zero-order valence-electron chi connectivity index (χ0n) is 5.71. The fourth-order valence-corrected chi connectivity index (χ4v) is 1.48. The molecule has 4 aliphatic rings. The zero-order valence-corrected chi connectivity index (χ0v) is 5.71. The van der Waals surface area contributed by atoms with Gasteiger partial charge in [-0.1, -0.05) is 0 Å². The monoisotopic (exact) mass is 160 g/mol. The lowest BCUT2D eigenvalue weighted by atomic mass is 10.1. The summed E-state index contributed by atoms with van der Waals surface area (Å²) in [7, 11) is 0. The fraction of sp³-hybridized carbons (Fsp3) is 1.00. The molecule has 7 nitrogen and oxygen atoms in total. The van der Waals surface area contributed by atoms with Gasteiger partial charge in [0.15, 0.2) is 0 Å². The third-order valence-electron chi connectivity index (χ3n) is 1.79. The van der Waals surface area contributed by atoms with E-state index in [1.54, 1.807) is 15.2 Å². The first-order chi connectivity index (χ1) is 5.23. The molecule has 4 aliphatic heterocycles. The first-order valence-corrected chi connectivity index (χ1v) is 3.41. The van der Waals surface area contributed by atoms with Crippen molar-refractivity contribution in [1.29, 1.82) is 0 Å². The standard InChI is InChI=1S/C3H7BN3O4/c8-4-9-5-1-6(10-4)3-7(2-5)11-4/h8H,1-3H2/q-1. The molecule has 0 aromatic carbocycles. The molecule has 0 aliphatic carbocycles. The Hall–Kier alpha value is -0.215. The Morgan fingerprint density at radius 3 is 1.55 bits per heavy atom. The van der Waals surface area contributed by atoms with Crippen molar-refractivity contribution in [2.75, 3.05) is 20.0 Å². The molecule has 0 aromatic heterocycles. The van der Waals surface area contributed by atoms with Crippen LogP contribution in [0.4, 0.5) is 0 Å². The maximum absolute atomic E-state index is 9.37. The first-order valence-electron chi connectivity index (χ1n) is 3.41. The molecule has 4 fully saturated rings. The van der Waals surface area contributed by atoms with Crippen molar-refractivity contribution in [2.24, 2.45) is 0 Å². The van der Waals surface area contributed by atoms with Gasteiger partial charge in [0.2, 0.25) is 0 Å². The molecular weight excluding hydrogens is 153 g/mol. The third kappa shape index (κ3) is 0.827. The minimum absolute atomic E-state index is 0.546. The molecule has 4 heterocycles. The van der Waals surface area contributed by atoms with E-state index in [1.807, 2.05) is 0 Å². The van der Waals surface area contributed by atoms with E-state index < -0.39 is 6.96 Å². The van der Waals surface area contributed by atoms with Crippen LogP contribution in [0, 0.1) is 0 Å². The van der Waals surface area contributed by atoms with E-state index in [1.165, 1.54) is 0 Å². The summed E-state index contributed by atoms with van der Waals surface area (Å²) < 4.78 is 14.8. The lowest BCUT2D eigenvalue weighted by molar-refractivity contribution is -0.440. The van der Waals surface area contributed by atoms with Gasteiger partial charge in [0.25, 0.3) is 0 Å². The van der Waals surface area contributed by atoms with Crippen LogP contribution in [0.25, 0.3) is 0 Å². The zero-order chi connectivity index (χ0) is 7.47. The highest BCUT2D eigenvalue weighted by Crippen LogP contribution is 2.28. The summed E-state index contributed by atoms with van der Waals surface area (Å²) in [5.74, 6) is 0. The normalized spacial score (nSPS) is 60.3. The summed E-state index contributed by atoms with van der Waals surface area (Å²) in [6, 6.07) is 0. The Bertz CT molecular complexity index is 166. The molecule has 0 atom stereocenters. The number of hydrogen-bond donors (Lipinski definition) is 1. The Morgan fingerprint density at radius 2 is 1.27 bits per heavy atom. The Morgan fingerprint density at radius 1 is 0.909 bits per heavy atom. The molecule has 8 heteroatoms. The molecule has 4 saturated heterocycles. The summed E-state index contributed by atoms with van der Waals surface area (Å²) in [4.78, 5) is 0. The lowest BCUT2D eigenvalue weighted by Gasteiger charge is -2.61. The molecule has 11 heavy (non-hydrogen) atoms. The Kier molecular flexibility index (Phi) is 1.00. The number of hydrogen-bond acceptors (Lipinski definition) is 7. The smallest absolute Gasteiger partial charge is 0.531 e. The summed E-state index contributed by atoms with van der Waals surface area (Å²) in [5, 5.41) is 14.1. The highest BCUT2D eigenvalue weighted by atomic mass is 17.0. The van der Waals surface area contributed by atoms with E-state index in [0.29, 0.717) is 20.0 Å². The predicted octanol–water partition coefficient (Wildman–Crippen LogP) is -1.97. The molecule has 1 N–H and O–H groups in total. The van der Waals surface area contributed by atoms with E-state index in [2.05, 4.69) is 0 Å². The molecule has 0 unspecified atom stereocenters. The van der Waals surface area contributed by atoms with Crippen LogP contribution in [0.1, 0.15) is 0 Å². The molecule has 4 rings (SSSR count). The fourth-order valence-electron chi connectivity index (χ4n) is 1.48. The van der Waals surface area contributed by atoms with Gasteiger partial charge < -0.3 is 19.3 Å². The van der Waals surface area contributed by atoms with Gasteiger partial charge in [-0.25, -0.2) is 0 Å². The van der Waals surface area contributed by atoms with E-state index in [-0.39, 0.29) is 0 Å². The van der Waals surface area contributed by atoms with Gasteiger partial charge >= 0.3 is 6.96 Å². The second-order valence-electron chi connectivity index (χ2n) is 2.79. The highest BCUT2D eigenvalue weighted by molar-refractivity contribution is 6.51. The first kappa shape index (κ1) is 6.32. The molecule has 0 saturated carbocycles. The van der Waals surface area contributed by atoms with E-state index in [9.17, 15) is 5.02 Å². The summed E-state index contributed by atoms with van der Waals surface area (Å²) in [5.41, 5.74) is 0. The maximum Gasteiger partial charge on any atom is 0.577 e. The van der Waals surface area contributed by atoms with Crippen molar-refractivity contribution >= 4 is 6.96 Å². The second-order valence-corrected chi connectivity index (χ2v) is 2.79. The highest BCUT2D eigenvalue weighted by Gasteiger charge is 2.49. The largest absolute Gasteiger partial charge is 0.577 e. The number of rotatable bonds is 0. The van der Waals surface area contributed by atoms with Gasteiger partial charge in [-0.05, 0) is 0 Å². The van der Waals surface area contributed by atoms with Crippen molar-refractivity contribution in [2.45, 2.75) is 0 Å². The second kappa shape index (κ2) is 1.75. The molecule has 62 valence electrons. The SMILES string of the molecule is O[B-]12ON3CN(CN(C3)O1)O2. The van der Waals surface area contributed by atoms with Crippen molar-refractivity contribution in [3.8, 4) is 0 Å². The van der Waals surface area contributed by atoms with Gasteiger partial charge in [0.05, 0.1) is 20.0 Å². The average Bonchev–Trinajstić information content (AvgIpc) is 1.79. The minimum atomic E-state index is -2.55. The van der Waals surface area contributed by atoms with Crippen LogP contribution >= 0.6 is 0 Å². The predicted molar refractivity (Wildman–Crippen MR) is 31.3 cm³/mol. The van der Waals surface area contributed by atoms with E-state index in [0.717, 1.165) is 0 Å². The third-order valence-corrected chi connectivity index (χ3v) is 1.79. The average molecular weight is 160 g/mol. The maximum atomic E-state index is 9.37. The molecule has 0 aromatic rings. The topological polar surface area (TPSA) is 57.6 Å². The molecular formula is C3H7BN3O4-. The lowest BCUT2D eigenvalue weighted by Crippen LogP contribution is -2.75. The summed E-state index contributed by atoms with van der Waals surface area (Å²) in [6.45, 7) is -0.915. The molecule has 0 spiro atoms. The molecule has 0 radical (unpaired) electrons. The van der Waals surface area contributed by atoms with Gasteiger partial charge in [0.1, 0.15) is 0 Å². The van der Waals surface area contributed by atoms with Crippen LogP contribution in [0.5, 0.6) is 0 Å². The van der Waals surface area contributed by atoms with E-state index >= 15 is 0 Å². The van der Waals surface area contributed by atoms with Gasteiger partial charge in [-0.3, -0.25) is 0 Å². The Balaban J connectivity index is 1.94. The van der Waals surface area contributed by atoms with Gasteiger partial charge in [-0.15, -0.1) is 0 Å². The van der Waals surface area contributed by atoms with Crippen LogP contribution in [0.15, 0.2) is 0 Å². The quantitative estimate of drug-likeness (QED) is 0.412. The van der Waals surface area contributed by atoms with Crippen LogP contribution in [-0.2, 0) is 14.3 Å². The number of nitrogens with zero attached hydrogens (tertiary/aromatic N) is 3. The minimum Gasteiger partial charge on any atom is -0.531 e. The van der Waals surface area contributed by atoms with Gasteiger partial charge in [0, 0.05) is 0 Å². The van der Waals surface area contributed by atoms with Crippen molar-refractivity contribution in [1.82, 2.24) is 15.2 Å². The molecule has 0 amide bonds. The van der Waals surface area contributed by atoms with Crippen LogP contribution < -0.4 is 0 Å². The molecule has 4 bridgehead atoms. The van der Waals surface area contributed by atoms with Crippen LogP contribution in [0.3, 0.4) is 0 Å². The summed E-state index contributed by atoms with van der Waals surface area (Å²) in [6.07, 6.45) is 0.